The molecule has 16 heavy (non-hydrogen) atoms. The smallest absolute Gasteiger partial charge is 0.122 e. The highest BCUT2D eigenvalue weighted by molar-refractivity contribution is 5.65. The van der Waals surface area contributed by atoms with E-state index in [0.717, 1.165) is 16.8 Å². The summed E-state index contributed by atoms with van der Waals surface area (Å²) in [5.41, 5.74) is 12.5. The molecule has 0 atom stereocenters. The predicted octanol–water partition coefficient (Wildman–Crippen LogP) is 3.64. The summed E-state index contributed by atoms with van der Waals surface area (Å²) in [4.78, 5) is 2.70. The molecule has 0 saturated carbocycles. The van der Waals surface area contributed by atoms with Crippen molar-refractivity contribution in [3.8, 4) is 11.3 Å². The molecule has 1 aromatic heterocycles. The van der Waals surface area contributed by atoms with E-state index in [2.05, 4.69) is 26.3 Å². The summed E-state index contributed by atoms with van der Waals surface area (Å²) in [5.74, 6) is 0.428. The zero-order valence-electron chi connectivity index (χ0n) is 9.10. The molecule has 1 aromatic carbocycles. The SMILES string of the molecule is Cc1ccc(-c2cc(N=[N+]=[N-])[nH]n2)c(C)c1. The van der Waals surface area contributed by atoms with Crippen molar-refractivity contribution in [1.29, 1.82) is 0 Å². The Bertz CT molecular complexity index is 564. The number of aromatic nitrogens is 2. The second-order valence-electron chi connectivity index (χ2n) is 3.65. The van der Waals surface area contributed by atoms with Crippen LogP contribution >= 0.6 is 0 Å². The molecular formula is C11H11N5. The molecule has 1 heterocycles. The van der Waals surface area contributed by atoms with E-state index in [-0.39, 0.29) is 0 Å². The number of rotatable bonds is 2. The minimum Gasteiger partial charge on any atom is -0.275 e. The van der Waals surface area contributed by atoms with Gasteiger partial charge in [-0.25, -0.2) is 0 Å². The summed E-state index contributed by atoms with van der Waals surface area (Å²) in [6.07, 6.45) is 0. The van der Waals surface area contributed by atoms with E-state index in [9.17, 15) is 0 Å². The van der Waals surface area contributed by atoms with Crippen LogP contribution in [0.4, 0.5) is 5.82 Å². The van der Waals surface area contributed by atoms with Crippen LogP contribution in [-0.2, 0) is 0 Å². The predicted molar refractivity (Wildman–Crippen MR) is 62.3 cm³/mol. The number of azide groups is 1. The third-order valence-corrected chi connectivity index (χ3v) is 2.37. The minimum absolute atomic E-state index is 0.428. The molecule has 80 valence electrons. The fraction of sp³-hybridized carbons (Fsp3) is 0.182. The Morgan fingerprint density at radius 1 is 1.31 bits per heavy atom. The van der Waals surface area contributed by atoms with Crippen LogP contribution in [0.5, 0.6) is 0 Å². The lowest BCUT2D eigenvalue weighted by Crippen LogP contribution is -1.84. The number of hydrogen-bond acceptors (Lipinski definition) is 2. The second-order valence-corrected chi connectivity index (χ2v) is 3.65. The molecule has 5 heteroatoms. The number of nitrogens with zero attached hydrogens (tertiary/aromatic N) is 4. The third-order valence-electron chi connectivity index (χ3n) is 2.37. The first-order chi connectivity index (χ1) is 7.70. The van der Waals surface area contributed by atoms with Gasteiger partial charge in [-0.15, -0.1) is 0 Å². The van der Waals surface area contributed by atoms with Crippen molar-refractivity contribution in [3.05, 3.63) is 45.8 Å². The molecule has 0 aliphatic rings. The largest absolute Gasteiger partial charge is 0.275 e. The summed E-state index contributed by atoms with van der Waals surface area (Å²) in [6.45, 7) is 4.08. The number of aryl methyl sites for hydroxylation is 2. The molecule has 0 saturated heterocycles. The first-order valence-corrected chi connectivity index (χ1v) is 4.89. The Kier molecular flexibility index (Phi) is 2.62. The number of aromatic amines is 1. The molecule has 0 bridgehead atoms. The van der Waals surface area contributed by atoms with Gasteiger partial charge < -0.3 is 0 Å². The molecule has 2 rings (SSSR count). The standard InChI is InChI=1S/C11H11N5/c1-7-3-4-9(8(2)5-7)10-6-11(14-13-10)15-16-12/h3-6H,1-2H3,(H,13,14). The van der Waals surface area contributed by atoms with Crippen molar-refractivity contribution in [1.82, 2.24) is 10.2 Å². The summed E-state index contributed by atoms with van der Waals surface area (Å²) < 4.78 is 0. The van der Waals surface area contributed by atoms with Gasteiger partial charge in [0.2, 0.25) is 0 Å². The average molecular weight is 213 g/mol. The van der Waals surface area contributed by atoms with Crippen LogP contribution in [0.2, 0.25) is 0 Å². The molecule has 0 aliphatic heterocycles. The van der Waals surface area contributed by atoms with Crippen LogP contribution in [0.15, 0.2) is 29.4 Å². The first kappa shape index (κ1) is 10.3. The Labute approximate surface area is 92.7 Å². The second kappa shape index (κ2) is 4.08. The molecule has 0 amide bonds. The fourth-order valence-corrected chi connectivity index (χ4v) is 1.65. The molecule has 1 N–H and O–H groups in total. The lowest BCUT2D eigenvalue weighted by molar-refractivity contribution is 1.08. The van der Waals surface area contributed by atoms with Gasteiger partial charge in [-0.05, 0) is 36.1 Å². The maximum Gasteiger partial charge on any atom is 0.122 e. The minimum atomic E-state index is 0.428. The molecule has 0 unspecified atom stereocenters. The molecule has 2 aromatic rings. The molecule has 0 fully saturated rings. The van der Waals surface area contributed by atoms with Gasteiger partial charge in [0.25, 0.3) is 0 Å². The van der Waals surface area contributed by atoms with Crippen LogP contribution in [0.25, 0.3) is 21.7 Å². The van der Waals surface area contributed by atoms with E-state index in [1.165, 1.54) is 5.56 Å². The summed E-state index contributed by atoms with van der Waals surface area (Å²) in [5, 5.41) is 10.2. The summed E-state index contributed by atoms with van der Waals surface area (Å²) in [6, 6.07) is 7.87. The molecule has 0 aliphatic carbocycles. The van der Waals surface area contributed by atoms with Crippen LogP contribution in [-0.4, -0.2) is 10.2 Å². The molecule has 0 radical (unpaired) electrons. The van der Waals surface area contributed by atoms with Gasteiger partial charge in [0, 0.05) is 10.5 Å². The van der Waals surface area contributed by atoms with E-state index < -0.39 is 0 Å². The fourth-order valence-electron chi connectivity index (χ4n) is 1.65. The highest BCUT2D eigenvalue weighted by Crippen LogP contribution is 2.25. The van der Waals surface area contributed by atoms with Crippen LogP contribution < -0.4 is 0 Å². The van der Waals surface area contributed by atoms with Gasteiger partial charge in [0.05, 0.1) is 5.69 Å². The Morgan fingerprint density at radius 3 is 2.81 bits per heavy atom. The Balaban J connectivity index is 2.46. The zero-order chi connectivity index (χ0) is 11.5. The normalized spacial score (nSPS) is 9.88. The monoisotopic (exact) mass is 213 g/mol. The Hall–Kier alpha value is -2.26. The Morgan fingerprint density at radius 2 is 2.12 bits per heavy atom. The van der Waals surface area contributed by atoms with Gasteiger partial charge in [0.1, 0.15) is 5.82 Å². The topological polar surface area (TPSA) is 77.4 Å². The lowest BCUT2D eigenvalue weighted by atomic mass is 10.0. The first-order valence-electron chi connectivity index (χ1n) is 4.89. The summed E-state index contributed by atoms with van der Waals surface area (Å²) in [7, 11) is 0. The molecular weight excluding hydrogens is 202 g/mol. The molecule has 0 spiro atoms. The van der Waals surface area contributed by atoms with Crippen LogP contribution in [0.3, 0.4) is 0 Å². The van der Waals surface area contributed by atoms with Gasteiger partial charge in [-0.3, -0.25) is 5.10 Å². The van der Waals surface area contributed by atoms with Crippen LogP contribution in [0, 0.1) is 13.8 Å². The van der Waals surface area contributed by atoms with Crippen molar-refractivity contribution in [3.63, 3.8) is 0 Å². The number of hydrogen-bond donors (Lipinski definition) is 1. The van der Waals surface area contributed by atoms with Crippen molar-refractivity contribution < 1.29 is 0 Å². The number of nitrogens with one attached hydrogen (secondary N) is 1. The van der Waals surface area contributed by atoms with E-state index in [0.29, 0.717) is 5.82 Å². The van der Waals surface area contributed by atoms with E-state index in [4.69, 9.17) is 5.53 Å². The summed E-state index contributed by atoms with van der Waals surface area (Å²) >= 11 is 0. The van der Waals surface area contributed by atoms with Gasteiger partial charge in [-0.1, -0.05) is 23.8 Å². The number of H-pyrrole nitrogens is 1. The van der Waals surface area contributed by atoms with Gasteiger partial charge >= 0.3 is 0 Å². The van der Waals surface area contributed by atoms with Crippen molar-refractivity contribution in [2.75, 3.05) is 0 Å². The van der Waals surface area contributed by atoms with E-state index in [1.807, 2.05) is 26.0 Å². The number of benzene rings is 1. The highest BCUT2D eigenvalue weighted by atomic mass is 15.2. The van der Waals surface area contributed by atoms with Gasteiger partial charge in [0.15, 0.2) is 0 Å². The van der Waals surface area contributed by atoms with Crippen LogP contribution in [0.1, 0.15) is 11.1 Å². The maximum atomic E-state index is 8.30. The van der Waals surface area contributed by atoms with E-state index >= 15 is 0 Å². The highest BCUT2D eigenvalue weighted by Gasteiger charge is 2.05. The van der Waals surface area contributed by atoms with Crippen molar-refractivity contribution in [2.24, 2.45) is 5.11 Å². The zero-order valence-corrected chi connectivity index (χ0v) is 9.10. The third kappa shape index (κ3) is 1.89. The van der Waals surface area contributed by atoms with E-state index in [1.54, 1.807) is 6.07 Å². The van der Waals surface area contributed by atoms with Crippen molar-refractivity contribution in [2.45, 2.75) is 13.8 Å². The molecule has 5 nitrogen and oxygen atoms in total. The van der Waals surface area contributed by atoms with Gasteiger partial charge in [-0.2, -0.15) is 5.10 Å². The average Bonchev–Trinajstić information content (AvgIpc) is 2.67. The van der Waals surface area contributed by atoms with Crippen molar-refractivity contribution >= 4 is 5.82 Å². The maximum absolute atomic E-state index is 8.30. The quantitative estimate of drug-likeness (QED) is 0.461. The lowest BCUT2D eigenvalue weighted by Gasteiger charge is -2.02.